The third kappa shape index (κ3) is 4.09. The van der Waals surface area contributed by atoms with Gasteiger partial charge in [-0.25, -0.2) is 14.4 Å². The molecule has 0 aliphatic rings. The molecule has 0 fully saturated rings. The average molecular weight is 442 g/mol. The van der Waals surface area contributed by atoms with Crippen molar-refractivity contribution in [2.45, 2.75) is 27.3 Å². The summed E-state index contributed by atoms with van der Waals surface area (Å²) in [5, 5.41) is 8.24. The summed E-state index contributed by atoms with van der Waals surface area (Å²) in [5.41, 5.74) is 6.36. The maximum atomic E-state index is 14.5. The standard InChI is InChI=1S/C26H24FN5O/c1-16-4-9-22(27)26-21(16)13-18(3)32(26)11-10-28-25-14-23(29-15-30-25)19-5-7-20(8-6-19)24-12-17(2)31-33-24/h4-9,12-15H,10-11H2,1-3H3,(H,28,29,30). The van der Waals surface area contributed by atoms with Crippen molar-refractivity contribution < 1.29 is 8.91 Å². The molecule has 0 saturated carbocycles. The number of nitrogens with zero attached hydrogens (tertiary/aromatic N) is 4. The number of benzene rings is 2. The molecule has 0 saturated heterocycles. The zero-order valence-electron chi connectivity index (χ0n) is 18.8. The lowest BCUT2D eigenvalue weighted by Gasteiger charge is -2.11. The Hall–Kier alpha value is -4.00. The highest BCUT2D eigenvalue weighted by molar-refractivity contribution is 5.85. The first kappa shape index (κ1) is 20.9. The summed E-state index contributed by atoms with van der Waals surface area (Å²) in [5.74, 6) is 1.27. The number of fused-ring (bicyclic) bond motifs is 1. The van der Waals surface area contributed by atoms with Gasteiger partial charge in [-0.15, -0.1) is 0 Å². The van der Waals surface area contributed by atoms with Crippen LogP contribution in [-0.4, -0.2) is 26.2 Å². The molecule has 5 aromatic rings. The molecule has 0 bridgehead atoms. The molecule has 0 unspecified atom stereocenters. The minimum Gasteiger partial charge on any atom is -0.368 e. The van der Waals surface area contributed by atoms with Gasteiger partial charge in [0.2, 0.25) is 0 Å². The molecule has 0 aliphatic carbocycles. The number of aryl methyl sites for hydroxylation is 3. The number of hydrogen-bond acceptors (Lipinski definition) is 5. The van der Waals surface area contributed by atoms with Gasteiger partial charge in [-0.3, -0.25) is 0 Å². The van der Waals surface area contributed by atoms with Crippen molar-refractivity contribution in [2.24, 2.45) is 0 Å². The number of halogens is 1. The molecule has 33 heavy (non-hydrogen) atoms. The van der Waals surface area contributed by atoms with Gasteiger partial charge in [-0.2, -0.15) is 0 Å². The van der Waals surface area contributed by atoms with Gasteiger partial charge in [0.15, 0.2) is 5.76 Å². The van der Waals surface area contributed by atoms with Gasteiger partial charge >= 0.3 is 0 Å². The first-order valence-corrected chi connectivity index (χ1v) is 10.8. The van der Waals surface area contributed by atoms with Crippen molar-refractivity contribution in [1.82, 2.24) is 19.7 Å². The largest absolute Gasteiger partial charge is 0.368 e. The Labute approximate surface area is 191 Å². The van der Waals surface area contributed by atoms with Gasteiger partial charge < -0.3 is 14.4 Å². The van der Waals surface area contributed by atoms with Gasteiger partial charge in [-0.05, 0) is 38.5 Å². The van der Waals surface area contributed by atoms with Crippen LogP contribution >= 0.6 is 0 Å². The van der Waals surface area contributed by atoms with Crippen molar-refractivity contribution in [3.63, 3.8) is 0 Å². The topological polar surface area (TPSA) is 68.8 Å². The predicted molar refractivity (Wildman–Crippen MR) is 128 cm³/mol. The molecule has 0 radical (unpaired) electrons. The monoisotopic (exact) mass is 441 g/mol. The summed E-state index contributed by atoms with van der Waals surface area (Å²) < 4.78 is 21.8. The van der Waals surface area contributed by atoms with Crippen LogP contribution in [0.4, 0.5) is 10.2 Å². The predicted octanol–water partition coefficient (Wildman–Crippen LogP) is 5.93. The SMILES string of the molecule is Cc1cc(-c2ccc(-c3cc(NCCn4c(C)cc5c(C)ccc(F)c54)ncn3)cc2)on1. The van der Waals surface area contributed by atoms with Gasteiger partial charge in [0, 0.05) is 47.4 Å². The fraction of sp³-hybridized carbons (Fsp3) is 0.192. The van der Waals surface area contributed by atoms with E-state index in [0.717, 1.165) is 50.7 Å². The summed E-state index contributed by atoms with van der Waals surface area (Å²) in [6.07, 6.45) is 1.55. The molecule has 5 rings (SSSR count). The van der Waals surface area contributed by atoms with Crippen molar-refractivity contribution in [1.29, 1.82) is 0 Å². The Bertz CT molecular complexity index is 1440. The number of rotatable bonds is 6. The second-order valence-electron chi connectivity index (χ2n) is 8.19. The normalized spacial score (nSPS) is 11.3. The lowest BCUT2D eigenvalue weighted by Crippen LogP contribution is -2.13. The molecule has 3 aromatic heterocycles. The fourth-order valence-electron chi connectivity index (χ4n) is 4.10. The van der Waals surface area contributed by atoms with E-state index in [-0.39, 0.29) is 5.82 Å². The van der Waals surface area contributed by atoms with Crippen LogP contribution in [0.25, 0.3) is 33.5 Å². The molecule has 7 heteroatoms. The van der Waals surface area contributed by atoms with Gasteiger partial charge in [-0.1, -0.05) is 35.5 Å². The molecule has 3 heterocycles. The Morgan fingerprint density at radius 3 is 2.48 bits per heavy atom. The second-order valence-corrected chi connectivity index (χ2v) is 8.19. The molecular formula is C26H24FN5O. The first-order valence-electron chi connectivity index (χ1n) is 10.8. The minimum atomic E-state index is -0.197. The van der Waals surface area contributed by atoms with Crippen molar-refractivity contribution in [3.05, 3.63) is 83.7 Å². The van der Waals surface area contributed by atoms with Crippen LogP contribution in [0.5, 0.6) is 0 Å². The van der Waals surface area contributed by atoms with Crippen LogP contribution in [0.3, 0.4) is 0 Å². The van der Waals surface area contributed by atoms with Crippen molar-refractivity contribution in [2.75, 3.05) is 11.9 Å². The minimum absolute atomic E-state index is 0.197. The van der Waals surface area contributed by atoms with E-state index in [4.69, 9.17) is 4.52 Å². The highest BCUT2D eigenvalue weighted by Crippen LogP contribution is 2.27. The molecule has 0 atom stereocenters. The first-order chi connectivity index (χ1) is 16.0. The Kier molecular flexibility index (Phi) is 5.38. The lowest BCUT2D eigenvalue weighted by molar-refractivity contribution is 0.427. The van der Waals surface area contributed by atoms with Crippen LogP contribution in [0.15, 0.2) is 65.4 Å². The number of aromatic nitrogens is 4. The quantitative estimate of drug-likeness (QED) is 0.354. The highest BCUT2D eigenvalue weighted by Gasteiger charge is 2.12. The Balaban J connectivity index is 1.30. The molecule has 166 valence electrons. The molecule has 2 aromatic carbocycles. The van der Waals surface area contributed by atoms with Crippen LogP contribution in [0.1, 0.15) is 17.0 Å². The van der Waals surface area contributed by atoms with E-state index in [1.165, 1.54) is 6.07 Å². The van der Waals surface area contributed by atoms with Gasteiger partial charge in [0.25, 0.3) is 0 Å². The third-order valence-electron chi connectivity index (χ3n) is 5.84. The maximum Gasteiger partial charge on any atom is 0.167 e. The second kappa shape index (κ2) is 8.50. The molecule has 1 N–H and O–H groups in total. The van der Waals surface area contributed by atoms with Gasteiger partial charge in [0.05, 0.1) is 16.9 Å². The third-order valence-corrected chi connectivity index (χ3v) is 5.84. The smallest absolute Gasteiger partial charge is 0.167 e. The molecule has 0 spiro atoms. The molecular weight excluding hydrogens is 417 g/mol. The summed E-state index contributed by atoms with van der Waals surface area (Å²) >= 11 is 0. The average Bonchev–Trinajstić information content (AvgIpc) is 3.41. The zero-order chi connectivity index (χ0) is 22.9. The maximum absolute atomic E-state index is 14.5. The molecule has 0 aliphatic heterocycles. The van der Waals surface area contributed by atoms with E-state index in [9.17, 15) is 4.39 Å². The van der Waals surface area contributed by atoms with Crippen LogP contribution in [-0.2, 0) is 6.54 Å². The van der Waals surface area contributed by atoms with Crippen LogP contribution in [0, 0.1) is 26.6 Å². The molecule has 0 amide bonds. The lowest BCUT2D eigenvalue weighted by atomic mass is 10.1. The Morgan fingerprint density at radius 2 is 1.73 bits per heavy atom. The Morgan fingerprint density at radius 1 is 0.939 bits per heavy atom. The van der Waals surface area contributed by atoms with Crippen LogP contribution < -0.4 is 5.32 Å². The van der Waals surface area contributed by atoms with E-state index in [0.29, 0.717) is 18.6 Å². The summed E-state index contributed by atoms with van der Waals surface area (Å²) in [6, 6.07) is 17.2. The van der Waals surface area contributed by atoms with Gasteiger partial charge in [0.1, 0.15) is 18.0 Å². The van der Waals surface area contributed by atoms with E-state index >= 15 is 0 Å². The summed E-state index contributed by atoms with van der Waals surface area (Å²) in [7, 11) is 0. The number of anilines is 1. The fourth-order valence-corrected chi connectivity index (χ4v) is 4.10. The highest BCUT2D eigenvalue weighted by atomic mass is 19.1. The summed E-state index contributed by atoms with van der Waals surface area (Å²) in [4.78, 5) is 8.75. The van der Waals surface area contributed by atoms with E-state index in [2.05, 4.69) is 20.4 Å². The van der Waals surface area contributed by atoms with E-state index in [1.54, 1.807) is 6.33 Å². The number of nitrogens with one attached hydrogen (secondary N) is 1. The van der Waals surface area contributed by atoms with Crippen molar-refractivity contribution >= 4 is 16.7 Å². The van der Waals surface area contributed by atoms with E-state index in [1.807, 2.05) is 73.9 Å². The number of hydrogen-bond donors (Lipinski definition) is 1. The van der Waals surface area contributed by atoms with Crippen LogP contribution in [0.2, 0.25) is 0 Å². The summed E-state index contributed by atoms with van der Waals surface area (Å²) in [6.45, 7) is 7.14. The van der Waals surface area contributed by atoms with Crippen molar-refractivity contribution in [3.8, 4) is 22.6 Å². The zero-order valence-corrected chi connectivity index (χ0v) is 18.8. The van der Waals surface area contributed by atoms with E-state index < -0.39 is 0 Å². The molecule has 6 nitrogen and oxygen atoms in total.